The van der Waals surface area contributed by atoms with Gasteiger partial charge in [-0.2, -0.15) is 0 Å². The molecule has 2 fully saturated rings. The van der Waals surface area contributed by atoms with E-state index in [1.54, 1.807) is 6.33 Å². The highest BCUT2D eigenvalue weighted by molar-refractivity contribution is 5.94. The summed E-state index contributed by atoms with van der Waals surface area (Å²) in [6, 6.07) is 7.87. The zero-order valence-corrected chi connectivity index (χ0v) is 18.1. The Hall–Kier alpha value is -3.20. The summed E-state index contributed by atoms with van der Waals surface area (Å²) in [4.78, 5) is 35.6. The highest BCUT2D eigenvalue weighted by atomic mass is 16.2. The highest BCUT2D eigenvalue weighted by Crippen LogP contribution is 2.21. The van der Waals surface area contributed by atoms with Crippen molar-refractivity contribution in [2.75, 3.05) is 69.2 Å². The summed E-state index contributed by atoms with van der Waals surface area (Å²) in [5, 5.41) is 0. The van der Waals surface area contributed by atoms with Gasteiger partial charge in [0.15, 0.2) is 0 Å². The number of piperazine rings is 2. The van der Waals surface area contributed by atoms with E-state index in [0.717, 1.165) is 62.2 Å². The maximum Gasteiger partial charge on any atom is 0.272 e. The molecule has 5 rings (SSSR count). The number of rotatable bonds is 3. The third-order valence-corrected chi connectivity index (χ3v) is 6.26. The number of likely N-dealkylation sites (N-methyl/N-ethyl adjacent to an activating group) is 1. The Morgan fingerprint density at radius 2 is 1.55 bits per heavy atom. The molecule has 0 atom stereocenters. The van der Waals surface area contributed by atoms with Crippen molar-refractivity contribution in [3.63, 3.8) is 0 Å². The fraction of sp³-hybridized carbons (Fsp3) is 0.455. The van der Waals surface area contributed by atoms with E-state index in [1.165, 1.54) is 0 Å². The van der Waals surface area contributed by atoms with Crippen LogP contribution >= 0.6 is 0 Å². The minimum absolute atomic E-state index is 0.0386. The average Bonchev–Trinajstić information content (AvgIpc) is 3.15. The molecule has 0 bridgehead atoms. The summed E-state index contributed by atoms with van der Waals surface area (Å²) >= 11 is 0. The number of hydrogen-bond donors (Lipinski definition) is 0. The van der Waals surface area contributed by atoms with Crippen LogP contribution in [0.5, 0.6) is 0 Å². The molecule has 0 aliphatic carbocycles. The van der Waals surface area contributed by atoms with Gasteiger partial charge in [0, 0.05) is 64.6 Å². The van der Waals surface area contributed by atoms with Crippen molar-refractivity contribution in [2.45, 2.75) is 6.92 Å². The summed E-state index contributed by atoms with van der Waals surface area (Å²) in [5.41, 5.74) is 2.23. The first-order chi connectivity index (χ1) is 15.1. The molecule has 31 heavy (non-hydrogen) atoms. The van der Waals surface area contributed by atoms with E-state index in [9.17, 15) is 4.79 Å². The van der Waals surface area contributed by atoms with Gasteiger partial charge in [-0.3, -0.25) is 9.20 Å². The van der Waals surface area contributed by atoms with Crippen molar-refractivity contribution in [2.24, 2.45) is 0 Å². The van der Waals surface area contributed by atoms with Gasteiger partial charge in [0.05, 0.1) is 5.69 Å². The number of pyridine rings is 1. The van der Waals surface area contributed by atoms with Crippen molar-refractivity contribution >= 4 is 23.2 Å². The molecule has 1 amide bonds. The molecule has 0 spiro atoms. The Kier molecular flexibility index (Phi) is 5.19. The molecule has 2 saturated heterocycles. The maximum atomic E-state index is 13.2. The largest absolute Gasteiger partial charge is 0.354 e. The Morgan fingerprint density at radius 1 is 0.903 bits per heavy atom. The molecule has 3 aromatic rings. The first kappa shape index (κ1) is 19.7. The Morgan fingerprint density at radius 3 is 2.23 bits per heavy atom. The van der Waals surface area contributed by atoms with Crippen LogP contribution in [-0.2, 0) is 0 Å². The van der Waals surface area contributed by atoms with Crippen LogP contribution in [0, 0.1) is 6.92 Å². The van der Waals surface area contributed by atoms with E-state index < -0.39 is 0 Å². The number of nitrogens with zero attached hydrogens (tertiary/aromatic N) is 8. The second kappa shape index (κ2) is 8.14. The van der Waals surface area contributed by atoms with E-state index in [4.69, 9.17) is 0 Å². The predicted molar refractivity (Wildman–Crippen MR) is 120 cm³/mol. The van der Waals surface area contributed by atoms with Crippen LogP contribution in [0.3, 0.4) is 0 Å². The van der Waals surface area contributed by atoms with E-state index in [2.05, 4.69) is 42.8 Å². The number of carbonyl (C=O) groups is 1. The lowest BCUT2D eigenvalue weighted by Crippen LogP contribution is -2.49. The molecule has 162 valence electrons. The number of fused-ring (bicyclic) bond motifs is 1. The first-order valence-corrected chi connectivity index (χ1v) is 10.8. The van der Waals surface area contributed by atoms with Gasteiger partial charge in [0.1, 0.15) is 29.3 Å². The number of carbonyl (C=O) groups excluding carboxylic acids is 1. The second-order valence-electron chi connectivity index (χ2n) is 8.28. The number of amides is 1. The number of imidazole rings is 1. The second-order valence-corrected chi connectivity index (χ2v) is 8.28. The molecule has 0 unspecified atom stereocenters. The molecule has 3 aromatic heterocycles. The van der Waals surface area contributed by atoms with Gasteiger partial charge < -0.3 is 19.6 Å². The van der Waals surface area contributed by atoms with Crippen LogP contribution < -0.4 is 9.80 Å². The number of aromatic nitrogens is 4. The third kappa shape index (κ3) is 3.81. The molecule has 2 aliphatic heterocycles. The van der Waals surface area contributed by atoms with Crippen molar-refractivity contribution in [1.29, 1.82) is 0 Å². The highest BCUT2D eigenvalue weighted by Gasteiger charge is 2.27. The van der Waals surface area contributed by atoms with E-state index in [1.807, 2.05) is 40.6 Å². The topological polar surface area (TPSA) is 73.1 Å². The third-order valence-electron chi connectivity index (χ3n) is 6.26. The van der Waals surface area contributed by atoms with Crippen molar-refractivity contribution in [1.82, 2.24) is 29.2 Å². The van der Waals surface area contributed by atoms with Gasteiger partial charge >= 0.3 is 0 Å². The lowest BCUT2D eigenvalue weighted by molar-refractivity contribution is 0.0738. The summed E-state index contributed by atoms with van der Waals surface area (Å²) in [7, 11) is 2.15. The van der Waals surface area contributed by atoms with Gasteiger partial charge in [-0.1, -0.05) is 6.07 Å². The monoisotopic (exact) mass is 420 g/mol. The summed E-state index contributed by atoms with van der Waals surface area (Å²) in [6.45, 7) is 8.77. The Bertz CT molecular complexity index is 1080. The predicted octanol–water partition coefficient (Wildman–Crippen LogP) is 1.15. The number of hydrogen-bond acceptors (Lipinski definition) is 7. The molecular formula is C22H28N8O. The summed E-state index contributed by atoms with van der Waals surface area (Å²) < 4.78 is 1.89. The normalized spacial score (nSPS) is 18.1. The minimum atomic E-state index is 0.0386. The zero-order chi connectivity index (χ0) is 21.4. The Balaban J connectivity index is 1.27. The first-order valence-electron chi connectivity index (χ1n) is 10.8. The Labute approximate surface area is 181 Å². The lowest BCUT2D eigenvalue weighted by Gasteiger charge is -2.36. The van der Waals surface area contributed by atoms with E-state index in [0.29, 0.717) is 18.8 Å². The smallest absolute Gasteiger partial charge is 0.272 e. The molecule has 5 heterocycles. The van der Waals surface area contributed by atoms with Crippen LogP contribution in [0.4, 0.5) is 11.6 Å². The fourth-order valence-electron chi connectivity index (χ4n) is 4.38. The molecular weight excluding hydrogens is 392 g/mol. The minimum Gasteiger partial charge on any atom is -0.354 e. The van der Waals surface area contributed by atoms with Gasteiger partial charge in [-0.15, -0.1) is 0 Å². The van der Waals surface area contributed by atoms with E-state index >= 15 is 0 Å². The summed E-state index contributed by atoms with van der Waals surface area (Å²) in [6.07, 6.45) is 3.56. The van der Waals surface area contributed by atoms with Crippen molar-refractivity contribution < 1.29 is 4.79 Å². The molecule has 0 radical (unpaired) electrons. The molecule has 0 N–H and O–H groups in total. The van der Waals surface area contributed by atoms with Gasteiger partial charge in [0.25, 0.3) is 5.91 Å². The average molecular weight is 421 g/mol. The van der Waals surface area contributed by atoms with Crippen molar-refractivity contribution in [3.05, 3.63) is 48.2 Å². The van der Waals surface area contributed by atoms with Crippen LogP contribution in [0.25, 0.3) is 5.65 Å². The summed E-state index contributed by atoms with van der Waals surface area (Å²) in [5.74, 6) is 1.96. The zero-order valence-electron chi connectivity index (χ0n) is 18.1. The van der Waals surface area contributed by atoms with Crippen LogP contribution in [-0.4, -0.2) is 94.5 Å². The quantitative estimate of drug-likeness (QED) is 0.629. The molecule has 0 aromatic carbocycles. The van der Waals surface area contributed by atoms with E-state index in [-0.39, 0.29) is 5.91 Å². The number of aryl methyl sites for hydroxylation is 1. The van der Waals surface area contributed by atoms with Crippen molar-refractivity contribution in [3.8, 4) is 0 Å². The van der Waals surface area contributed by atoms with Gasteiger partial charge in [-0.05, 0) is 26.1 Å². The van der Waals surface area contributed by atoms with Crippen LogP contribution in [0.2, 0.25) is 0 Å². The maximum absolute atomic E-state index is 13.2. The standard InChI is InChI=1S/C22H28N8O/c1-17-21(30-6-4-3-5-18(30)25-17)22(31)29-13-11-28(12-14-29)20-15-19(23-16-24-20)27-9-7-26(2)8-10-27/h3-6,15-16H,7-14H2,1-2H3. The SMILES string of the molecule is Cc1nc2ccccn2c1C(=O)N1CCN(c2cc(N3CCN(C)CC3)ncn2)CC1. The fourth-order valence-corrected chi connectivity index (χ4v) is 4.38. The number of anilines is 2. The van der Waals surface area contributed by atoms with Crippen LogP contribution in [0.15, 0.2) is 36.8 Å². The van der Waals surface area contributed by atoms with Crippen LogP contribution in [0.1, 0.15) is 16.2 Å². The molecule has 9 nitrogen and oxygen atoms in total. The molecule has 9 heteroatoms. The lowest BCUT2D eigenvalue weighted by atomic mass is 10.2. The molecule has 2 aliphatic rings. The van der Waals surface area contributed by atoms with Gasteiger partial charge in [0.2, 0.25) is 0 Å². The van der Waals surface area contributed by atoms with Gasteiger partial charge in [-0.25, -0.2) is 15.0 Å². The molecule has 0 saturated carbocycles.